The fraction of sp³-hybridized carbons (Fsp3) is 0.562. The zero-order valence-electron chi connectivity index (χ0n) is 27.6. The van der Waals surface area contributed by atoms with E-state index in [9.17, 15) is 18.0 Å². The van der Waals surface area contributed by atoms with Crippen LogP contribution in [0.25, 0.3) is 0 Å². The van der Waals surface area contributed by atoms with Gasteiger partial charge in [0.25, 0.3) is 0 Å². The number of ether oxygens (including phenoxy) is 3. The van der Waals surface area contributed by atoms with Gasteiger partial charge in [0.05, 0.1) is 44.5 Å². The van der Waals surface area contributed by atoms with Crippen LogP contribution in [0.15, 0.2) is 41.3 Å². The molecule has 2 aromatic carbocycles. The fourth-order valence-electron chi connectivity index (χ4n) is 5.06. The van der Waals surface area contributed by atoms with Crippen LogP contribution in [0.3, 0.4) is 0 Å². The van der Waals surface area contributed by atoms with Gasteiger partial charge in [0.15, 0.2) is 0 Å². The molecular weight excluding hydrogens is 683 g/mol. The van der Waals surface area contributed by atoms with Crippen molar-refractivity contribution in [1.82, 2.24) is 30.9 Å². The van der Waals surface area contributed by atoms with Crippen molar-refractivity contribution in [2.75, 3.05) is 86.0 Å². The SMILES string of the molecule is CCNC(=O)NCCCCNC(=O)NCCOCCOCCOCCNS(=O)(=O)c1ccc([C@@H]2CN(C)Cc3c(Cl)cc(Cl)cc32)cc1. The van der Waals surface area contributed by atoms with Crippen molar-refractivity contribution in [3.05, 3.63) is 63.1 Å². The quantitative estimate of drug-likeness (QED) is 0.122. The van der Waals surface area contributed by atoms with Crippen molar-refractivity contribution >= 4 is 45.3 Å². The van der Waals surface area contributed by atoms with Gasteiger partial charge in [0.2, 0.25) is 10.0 Å². The standard InChI is InChI=1S/C32H48Cl2N6O7S/c1-3-35-31(41)36-10-4-5-11-37-32(42)38-12-14-45-16-18-47-19-17-46-15-13-39-48(43,44)26-8-6-24(7-9-26)28-22-40(2)23-29-27(28)20-25(33)21-30(29)34/h6-9,20-21,28,39H,3-5,10-19,22-23H2,1-2H3,(H2,35,36,41)(H2,37,38,42)/t28-/m0/s1. The molecule has 0 bridgehead atoms. The minimum Gasteiger partial charge on any atom is -0.378 e. The molecular formula is C32H48Cl2N6O7S. The van der Waals surface area contributed by atoms with Crippen LogP contribution in [0.1, 0.15) is 42.4 Å². The summed E-state index contributed by atoms with van der Waals surface area (Å²) in [5.41, 5.74) is 3.09. The number of fused-ring (bicyclic) bond motifs is 1. The monoisotopic (exact) mass is 730 g/mol. The minimum atomic E-state index is -3.70. The number of carbonyl (C=O) groups excluding carboxylic acids is 2. The van der Waals surface area contributed by atoms with Crippen LogP contribution in [-0.2, 0) is 30.8 Å². The van der Waals surface area contributed by atoms with E-state index in [2.05, 4.69) is 30.9 Å². The zero-order valence-corrected chi connectivity index (χ0v) is 29.9. The number of nitrogens with one attached hydrogen (secondary N) is 5. The maximum atomic E-state index is 12.8. The highest BCUT2D eigenvalue weighted by Gasteiger charge is 2.27. The molecule has 0 aliphatic carbocycles. The molecule has 0 saturated heterocycles. The number of hydrogen-bond donors (Lipinski definition) is 5. The molecule has 0 radical (unpaired) electrons. The predicted octanol–water partition coefficient (Wildman–Crippen LogP) is 3.30. The maximum Gasteiger partial charge on any atom is 0.314 e. The number of halogens is 2. The Bertz CT molecular complexity index is 1400. The van der Waals surface area contributed by atoms with Gasteiger partial charge < -0.3 is 40.4 Å². The first-order chi connectivity index (χ1) is 23.1. The third kappa shape index (κ3) is 14.0. The summed E-state index contributed by atoms with van der Waals surface area (Å²) in [6, 6.07) is 10.1. The second-order valence-corrected chi connectivity index (χ2v) is 13.8. The van der Waals surface area contributed by atoms with E-state index in [-0.39, 0.29) is 36.0 Å². The van der Waals surface area contributed by atoms with Gasteiger partial charge in [0.1, 0.15) is 0 Å². The highest BCUT2D eigenvalue weighted by atomic mass is 35.5. The minimum absolute atomic E-state index is 0.0234. The number of sulfonamides is 1. The molecule has 16 heteroatoms. The van der Waals surface area contributed by atoms with Crippen LogP contribution in [0, 0.1) is 0 Å². The summed E-state index contributed by atoms with van der Waals surface area (Å²) >= 11 is 12.8. The summed E-state index contributed by atoms with van der Waals surface area (Å²) in [4.78, 5) is 25.4. The van der Waals surface area contributed by atoms with E-state index in [1.165, 1.54) is 0 Å². The lowest BCUT2D eigenvalue weighted by molar-refractivity contribution is 0.0165. The molecule has 4 amide bonds. The Morgan fingerprint density at radius 2 is 1.38 bits per heavy atom. The second kappa shape index (κ2) is 21.4. The maximum absolute atomic E-state index is 12.8. The molecule has 268 valence electrons. The zero-order chi connectivity index (χ0) is 34.8. The molecule has 0 spiro atoms. The van der Waals surface area contributed by atoms with Crippen LogP contribution in [-0.4, -0.2) is 111 Å². The Kier molecular flexibility index (Phi) is 17.7. The number of likely N-dealkylation sites (N-methyl/N-ethyl adjacent to an activating group) is 1. The van der Waals surface area contributed by atoms with Crippen LogP contribution < -0.4 is 26.0 Å². The lowest BCUT2D eigenvalue weighted by atomic mass is 9.85. The van der Waals surface area contributed by atoms with Gasteiger partial charge in [-0.3, -0.25) is 0 Å². The fourth-order valence-corrected chi connectivity index (χ4v) is 6.64. The van der Waals surface area contributed by atoms with E-state index < -0.39 is 10.0 Å². The molecule has 5 N–H and O–H groups in total. The van der Waals surface area contributed by atoms with E-state index in [0.29, 0.717) is 69.3 Å². The third-order valence-corrected chi connectivity index (χ3v) is 9.44. The lowest BCUT2D eigenvalue weighted by Gasteiger charge is -2.33. The summed E-state index contributed by atoms with van der Waals surface area (Å²) in [5, 5.41) is 12.1. The average molecular weight is 732 g/mol. The van der Waals surface area contributed by atoms with Crippen LogP contribution in [0.5, 0.6) is 0 Å². The highest BCUT2D eigenvalue weighted by Crippen LogP contribution is 2.38. The predicted molar refractivity (Wildman–Crippen MR) is 186 cm³/mol. The van der Waals surface area contributed by atoms with Crippen molar-refractivity contribution in [2.24, 2.45) is 0 Å². The summed E-state index contributed by atoms with van der Waals surface area (Å²) in [7, 11) is -1.67. The first-order valence-corrected chi connectivity index (χ1v) is 18.4. The van der Waals surface area contributed by atoms with Crippen molar-refractivity contribution in [3.8, 4) is 0 Å². The Labute approximate surface area is 293 Å². The number of hydrogen-bond acceptors (Lipinski definition) is 8. The highest BCUT2D eigenvalue weighted by molar-refractivity contribution is 7.89. The van der Waals surface area contributed by atoms with Crippen LogP contribution >= 0.6 is 23.2 Å². The topological polar surface area (TPSA) is 159 Å². The van der Waals surface area contributed by atoms with Gasteiger partial charge in [-0.05, 0) is 67.8 Å². The van der Waals surface area contributed by atoms with Crippen LogP contribution in [0.2, 0.25) is 10.0 Å². The van der Waals surface area contributed by atoms with Gasteiger partial charge in [-0.1, -0.05) is 35.3 Å². The van der Waals surface area contributed by atoms with Crippen molar-refractivity contribution < 1.29 is 32.2 Å². The smallest absolute Gasteiger partial charge is 0.314 e. The molecule has 1 aliphatic rings. The number of unbranched alkanes of at least 4 members (excludes halogenated alkanes) is 1. The van der Waals surface area contributed by atoms with Gasteiger partial charge in [-0.15, -0.1) is 0 Å². The Balaban J connectivity index is 1.19. The first-order valence-electron chi connectivity index (χ1n) is 16.1. The molecule has 0 aromatic heterocycles. The number of benzene rings is 2. The summed E-state index contributed by atoms with van der Waals surface area (Å²) in [6.45, 7) is 7.42. The van der Waals surface area contributed by atoms with Gasteiger partial charge >= 0.3 is 12.1 Å². The molecule has 1 aliphatic heterocycles. The summed E-state index contributed by atoms with van der Waals surface area (Å²) in [6.07, 6.45) is 1.52. The van der Waals surface area contributed by atoms with E-state index in [1.54, 1.807) is 18.2 Å². The second-order valence-electron chi connectivity index (χ2n) is 11.2. The number of carbonyl (C=O) groups is 2. The molecule has 13 nitrogen and oxygen atoms in total. The van der Waals surface area contributed by atoms with Crippen molar-refractivity contribution in [2.45, 2.75) is 37.1 Å². The van der Waals surface area contributed by atoms with E-state index in [0.717, 1.165) is 42.6 Å². The molecule has 1 atom stereocenters. The molecule has 3 rings (SSSR count). The molecule has 0 saturated carbocycles. The van der Waals surface area contributed by atoms with E-state index in [4.69, 9.17) is 37.4 Å². The number of rotatable bonds is 21. The molecule has 1 heterocycles. The Hall–Kier alpha value is -2.69. The average Bonchev–Trinajstić information content (AvgIpc) is 3.05. The van der Waals surface area contributed by atoms with E-state index in [1.807, 2.05) is 32.2 Å². The molecule has 0 unspecified atom stereocenters. The van der Waals surface area contributed by atoms with Crippen LogP contribution in [0.4, 0.5) is 9.59 Å². The van der Waals surface area contributed by atoms with Gasteiger partial charge in [-0.25, -0.2) is 22.7 Å². The first kappa shape index (κ1) is 39.7. The number of urea groups is 2. The molecule has 0 fully saturated rings. The van der Waals surface area contributed by atoms with Crippen molar-refractivity contribution in [3.63, 3.8) is 0 Å². The summed E-state index contributed by atoms with van der Waals surface area (Å²) < 4.78 is 44.6. The Morgan fingerprint density at radius 1 is 0.812 bits per heavy atom. The van der Waals surface area contributed by atoms with E-state index >= 15 is 0 Å². The largest absolute Gasteiger partial charge is 0.378 e. The Morgan fingerprint density at radius 3 is 2.00 bits per heavy atom. The molecule has 48 heavy (non-hydrogen) atoms. The lowest BCUT2D eigenvalue weighted by Crippen LogP contribution is -2.38. The van der Waals surface area contributed by atoms with Crippen molar-refractivity contribution in [1.29, 1.82) is 0 Å². The number of nitrogens with zero attached hydrogens (tertiary/aromatic N) is 1. The van der Waals surface area contributed by atoms with Gasteiger partial charge in [-0.2, -0.15) is 0 Å². The third-order valence-electron chi connectivity index (χ3n) is 7.41. The van der Waals surface area contributed by atoms with Gasteiger partial charge in [0, 0.05) is 61.8 Å². The normalized spacial score (nSPS) is 14.7. The summed E-state index contributed by atoms with van der Waals surface area (Å²) in [5.74, 6) is 0.0234. The molecule has 2 aromatic rings. The number of amides is 4.